The molecule has 0 amide bonds. The summed E-state index contributed by atoms with van der Waals surface area (Å²) >= 11 is 0. The normalized spacial score (nSPS) is 12.6. The van der Waals surface area contributed by atoms with Crippen molar-refractivity contribution in [1.29, 1.82) is 0 Å². The molecule has 0 bridgehead atoms. The SMILES string of the molecule is COc1cc(C(F)CN)cc(C)n1. The summed E-state index contributed by atoms with van der Waals surface area (Å²) in [5.41, 5.74) is 6.46. The second kappa shape index (κ2) is 4.18. The molecule has 0 spiro atoms. The Morgan fingerprint density at radius 2 is 2.31 bits per heavy atom. The highest BCUT2D eigenvalue weighted by molar-refractivity contribution is 5.26. The average molecular weight is 184 g/mol. The van der Waals surface area contributed by atoms with Crippen molar-refractivity contribution in [3.63, 3.8) is 0 Å². The number of halogens is 1. The van der Waals surface area contributed by atoms with Gasteiger partial charge in [-0.05, 0) is 18.6 Å². The predicted molar refractivity (Wildman–Crippen MR) is 48.4 cm³/mol. The summed E-state index contributed by atoms with van der Waals surface area (Å²) in [6.45, 7) is 1.77. The third kappa shape index (κ3) is 2.39. The number of nitrogens with two attached hydrogens (primary N) is 1. The number of pyridine rings is 1. The van der Waals surface area contributed by atoms with Crippen molar-refractivity contribution < 1.29 is 9.13 Å². The largest absolute Gasteiger partial charge is 0.481 e. The number of ether oxygens (including phenoxy) is 1. The fraction of sp³-hybridized carbons (Fsp3) is 0.444. The van der Waals surface area contributed by atoms with Gasteiger partial charge in [-0.15, -0.1) is 0 Å². The van der Waals surface area contributed by atoms with E-state index in [0.717, 1.165) is 5.69 Å². The Bertz CT molecular complexity index is 291. The molecule has 0 aliphatic rings. The van der Waals surface area contributed by atoms with Crippen LogP contribution in [0.25, 0.3) is 0 Å². The van der Waals surface area contributed by atoms with Crippen molar-refractivity contribution in [1.82, 2.24) is 4.98 Å². The summed E-state index contributed by atoms with van der Waals surface area (Å²) in [5.74, 6) is 0.422. The van der Waals surface area contributed by atoms with Gasteiger partial charge in [-0.3, -0.25) is 0 Å². The molecule has 0 radical (unpaired) electrons. The summed E-state index contributed by atoms with van der Waals surface area (Å²) in [6.07, 6.45) is -1.14. The lowest BCUT2D eigenvalue weighted by Crippen LogP contribution is -2.08. The molecule has 72 valence electrons. The van der Waals surface area contributed by atoms with Gasteiger partial charge >= 0.3 is 0 Å². The molecule has 1 atom stereocenters. The molecule has 1 aromatic rings. The summed E-state index contributed by atoms with van der Waals surface area (Å²) < 4.78 is 18.1. The molecule has 1 unspecified atom stereocenters. The number of methoxy groups -OCH3 is 1. The molecule has 0 aromatic carbocycles. The molecule has 0 aliphatic carbocycles. The second-order valence-corrected chi connectivity index (χ2v) is 2.79. The maximum absolute atomic E-state index is 13.2. The number of hydrogen-bond donors (Lipinski definition) is 1. The molecule has 0 saturated heterocycles. The van der Waals surface area contributed by atoms with Crippen LogP contribution in [0, 0.1) is 6.92 Å². The van der Waals surface area contributed by atoms with Crippen molar-refractivity contribution in [2.24, 2.45) is 5.73 Å². The van der Waals surface area contributed by atoms with Crippen molar-refractivity contribution >= 4 is 0 Å². The first-order valence-electron chi connectivity index (χ1n) is 4.04. The first-order chi connectivity index (χ1) is 6.17. The quantitative estimate of drug-likeness (QED) is 0.771. The standard InChI is InChI=1S/C9H13FN2O/c1-6-3-7(8(10)5-11)4-9(12-6)13-2/h3-4,8H,5,11H2,1-2H3. The van der Waals surface area contributed by atoms with E-state index in [2.05, 4.69) is 4.98 Å². The fourth-order valence-corrected chi connectivity index (χ4v) is 1.09. The highest BCUT2D eigenvalue weighted by Crippen LogP contribution is 2.20. The Labute approximate surface area is 76.7 Å². The van der Waals surface area contributed by atoms with E-state index in [4.69, 9.17) is 10.5 Å². The van der Waals surface area contributed by atoms with Crippen LogP contribution in [0.1, 0.15) is 17.4 Å². The number of rotatable bonds is 3. The number of alkyl halides is 1. The molecule has 0 saturated carbocycles. The molecular weight excluding hydrogens is 171 g/mol. The number of hydrogen-bond acceptors (Lipinski definition) is 3. The van der Waals surface area contributed by atoms with Crippen molar-refractivity contribution in [3.8, 4) is 5.88 Å². The highest BCUT2D eigenvalue weighted by atomic mass is 19.1. The molecule has 1 rings (SSSR count). The van der Waals surface area contributed by atoms with Crippen LogP contribution >= 0.6 is 0 Å². The number of aromatic nitrogens is 1. The van der Waals surface area contributed by atoms with Gasteiger partial charge in [0.15, 0.2) is 0 Å². The third-order valence-electron chi connectivity index (χ3n) is 1.73. The lowest BCUT2D eigenvalue weighted by molar-refractivity contribution is 0.347. The lowest BCUT2D eigenvalue weighted by atomic mass is 10.1. The third-order valence-corrected chi connectivity index (χ3v) is 1.73. The summed E-state index contributed by atoms with van der Waals surface area (Å²) in [7, 11) is 1.50. The topological polar surface area (TPSA) is 48.1 Å². The Balaban J connectivity index is 3.01. The smallest absolute Gasteiger partial charge is 0.213 e. The molecule has 13 heavy (non-hydrogen) atoms. The second-order valence-electron chi connectivity index (χ2n) is 2.79. The Morgan fingerprint density at radius 3 is 2.85 bits per heavy atom. The fourth-order valence-electron chi connectivity index (χ4n) is 1.09. The van der Waals surface area contributed by atoms with Crippen LogP contribution < -0.4 is 10.5 Å². The zero-order valence-corrected chi connectivity index (χ0v) is 7.75. The van der Waals surface area contributed by atoms with Crippen LogP contribution in [0.3, 0.4) is 0 Å². The predicted octanol–water partition coefficient (Wildman–Crippen LogP) is 1.37. The molecular formula is C9H13FN2O. The van der Waals surface area contributed by atoms with E-state index in [-0.39, 0.29) is 6.54 Å². The molecule has 3 nitrogen and oxygen atoms in total. The monoisotopic (exact) mass is 184 g/mol. The average Bonchev–Trinajstić information content (AvgIpc) is 2.15. The molecule has 0 fully saturated rings. The van der Waals surface area contributed by atoms with E-state index in [1.54, 1.807) is 19.1 Å². The van der Waals surface area contributed by atoms with Gasteiger partial charge in [-0.1, -0.05) is 0 Å². The number of nitrogens with zero attached hydrogens (tertiary/aromatic N) is 1. The van der Waals surface area contributed by atoms with Crippen molar-refractivity contribution in [2.75, 3.05) is 13.7 Å². The van der Waals surface area contributed by atoms with Gasteiger partial charge in [0.25, 0.3) is 0 Å². The molecule has 1 heterocycles. The van der Waals surface area contributed by atoms with E-state index in [1.807, 2.05) is 0 Å². The minimum atomic E-state index is -1.14. The van der Waals surface area contributed by atoms with E-state index >= 15 is 0 Å². The van der Waals surface area contributed by atoms with Gasteiger partial charge in [0.05, 0.1) is 7.11 Å². The van der Waals surface area contributed by atoms with Crippen LogP contribution in [0.15, 0.2) is 12.1 Å². The zero-order valence-electron chi connectivity index (χ0n) is 7.75. The van der Waals surface area contributed by atoms with Gasteiger partial charge < -0.3 is 10.5 Å². The van der Waals surface area contributed by atoms with E-state index in [0.29, 0.717) is 11.4 Å². The van der Waals surface area contributed by atoms with Gasteiger partial charge in [-0.2, -0.15) is 0 Å². The minimum Gasteiger partial charge on any atom is -0.481 e. The van der Waals surface area contributed by atoms with E-state index < -0.39 is 6.17 Å². The van der Waals surface area contributed by atoms with Crippen molar-refractivity contribution in [3.05, 3.63) is 23.4 Å². The molecule has 4 heteroatoms. The Kier molecular flexibility index (Phi) is 3.19. The number of aryl methyl sites for hydroxylation is 1. The zero-order chi connectivity index (χ0) is 9.84. The Hall–Kier alpha value is -1.16. The van der Waals surface area contributed by atoms with E-state index in [1.165, 1.54) is 7.11 Å². The van der Waals surface area contributed by atoms with Crippen LogP contribution in [-0.2, 0) is 0 Å². The highest BCUT2D eigenvalue weighted by Gasteiger charge is 2.09. The minimum absolute atomic E-state index is 0.0212. The molecule has 0 aliphatic heterocycles. The van der Waals surface area contributed by atoms with Crippen molar-refractivity contribution in [2.45, 2.75) is 13.1 Å². The van der Waals surface area contributed by atoms with Gasteiger partial charge in [-0.25, -0.2) is 9.37 Å². The maximum atomic E-state index is 13.2. The molecule has 1 aromatic heterocycles. The summed E-state index contributed by atoms with van der Waals surface area (Å²) in [5, 5.41) is 0. The Morgan fingerprint density at radius 1 is 1.62 bits per heavy atom. The van der Waals surface area contributed by atoms with Gasteiger partial charge in [0.2, 0.25) is 5.88 Å². The van der Waals surface area contributed by atoms with Crippen LogP contribution in [0.4, 0.5) is 4.39 Å². The van der Waals surface area contributed by atoms with Crippen LogP contribution in [0.2, 0.25) is 0 Å². The maximum Gasteiger partial charge on any atom is 0.213 e. The van der Waals surface area contributed by atoms with Crippen LogP contribution in [0.5, 0.6) is 5.88 Å². The lowest BCUT2D eigenvalue weighted by Gasteiger charge is -2.08. The first-order valence-corrected chi connectivity index (χ1v) is 4.04. The van der Waals surface area contributed by atoms with Gasteiger partial charge in [0.1, 0.15) is 6.17 Å². The van der Waals surface area contributed by atoms with Gasteiger partial charge in [0, 0.05) is 18.3 Å². The summed E-state index contributed by atoms with van der Waals surface area (Å²) in [4.78, 5) is 4.04. The first kappa shape index (κ1) is 9.92. The van der Waals surface area contributed by atoms with E-state index in [9.17, 15) is 4.39 Å². The van der Waals surface area contributed by atoms with Crippen LogP contribution in [-0.4, -0.2) is 18.6 Å². The molecule has 2 N–H and O–H groups in total. The summed E-state index contributed by atoms with van der Waals surface area (Å²) in [6, 6.07) is 3.23.